The Kier molecular flexibility index (Phi) is 9.02. The number of benzene rings is 3. The molecular weight excluding hydrogens is 509 g/mol. The lowest BCUT2D eigenvalue weighted by Crippen LogP contribution is -2.46. The van der Waals surface area contributed by atoms with Gasteiger partial charge in [-0.1, -0.05) is 41.9 Å². The highest BCUT2D eigenvalue weighted by molar-refractivity contribution is 7.89. The highest BCUT2D eigenvalue weighted by Gasteiger charge is 2.26. The summed E-state index contributed by atoms with van der Waals surface area (Å²) in [7, 11) is -3.99. The first-order valence-corrected chi connectivity index (χ1v) is 12.8. The van der Waals surface area contributed by atoms with Crippen LogP contribution < -0.4 is 14.5 Å². The molecule has 186 valence electrons. The van der Waals surface area contributed by atoms with Gasteiger partial charge in [-0.3, -0.25) is 4.79 Å². The highest BCUT2D eigenvalue weighted by Crippen LogP contribution is 2.23. The molecule has 2 N–H and O–H groups in total. The van der Waals surface area contributed by atoms with Crippen molar-refractivity contribution in [2.24, 2.45) is 0 Å². The number of nitrogens with one attached hydrogen (secondary N) is 1. The molecule has 0 amide bonds. The van der Waals surface area contributed by atoms with Crippen molar-refractivity contribution < 1.29 is 18.3 Å². The second-order valence-electron chi connectivity index (χ2n) is 8.15. The summed E-state index contributed by atoms with van der Waals surface area (Å²) in [6, 6.07) is 22.0. The number of piperazine rings is 1. The molecule has 1 saturated heterocycles. The van der Waals surface area contributed by atoms with Gasteiger partial charge in [0.05, 0.1) is 4.90 Å². The molecule has 0 spiro atoms. The number of aliphatic carboxylic acids is 1. The molecule has 0 aromatic heterocycles. The summed E-state index contributed by atoms with van der Waals surface area (Å²) in [4.78, 5) is 16.2. The van der Waals surface area contributed by atoms with Crippen LogP contribution in [0, 0.1) is 0 Å². The Hall–Kier alpha value is -2.78. The topological polar surface area (TPSA) is 89.9 Å². The fourth-order valence-electron chi connectivity index (χ4n) is 4.00. The van der Waals surface area contributed by atoms with Crippen LogP contribution in [0.4, 0.5) is 11.4 Å². The summed E-state index contributed by atoms with van der Waals surface area (Å²) in [6.45, 7) is 3.27. The minimum atomic E-state index is -3.99. The molecule has 3 aromatic rings. The van der Waals surface area contributed by atoms with Crippen LogP contribution in [0.1, 0.15) is 5.56 Å². The Morgan fingerprint density at radius 3 is 1.83 bits per heavy atom. The van der Waals surface area contributed by atoms with Gasteiger partial charge in [-0.2, -0.15) is 4.72 Å². The molecule has 10 heteroatoms. The predicted octanol–water partition coefficient (Wildman–Crippen LogP) is 4.06. The lowest BCUT2D eigenvalue weighted by molar-refractivity contribution is -0.138. The first-order valence-electron chi connectivity index (χ1n) is 11.0. The highest BCUT2D eigenvalue weighted by atomic mass is 35.5. The molecule has 4 rings (SSSR count). The van der Waals surface area contributed by atoms with Crippen LogP contribution in [-0.4, -0.2) is 51.7 Å². The zero-order valence-corrected chi connectivity index (χ0v) is 21.3. The molecule has 0 bridgehead atoms. The van der Waals surface area contributed by atoms with E-state index in [2.05, 4.69) is 14.5 Å². The number of sulfonamides is 1. The van der Waals surface area contributed by atoms with Gasteiger partial charge in [0.2, 0.25) is 10.0 Å². The molecular formula is C25H27Cl2N3O4S. The van der Waals surface area contributed by atoms with Crippen LogP contribution in [0.5, 0.6) is 0 Å². The Balaban J connectivity index is 0.00000342. The van der Waals surface area contributed by atoms with E-state index >= 15 is 0 Å². The van der Waals surface area contributed by atoms with Gasteiger partial charge in [0.25, 0.3) is 0 Å². The van der Waals surface area contributed by atoms with E-state index in [9.17, 15) is 18.3 Å². The van der Waals surface area contributed by atoms with Gasteiger partial charge in [0.15, 0.2) is 0 Å². The molecule has 3 aromatic carbocycles. The third-order valence-corrected chi connectivity index (χ3v) is 7.60. The summed E-state index contributed by atoms with van der Waals surface area (Å²) < 4.78 is 28.0. The number of halogens is 2. The standard InChI is InChI=1S/C25H26ClN3O4S.ClH/c26-20-6-8-21(9-7-20)28-14-16-29(17-15-28)22-10-12-23(13-11-22)34(32,33)27-24(25(30)31)18-19-4-2-1-3-5-19;/h1-13,24,27H,14-18H2,(H,30,31);1H/t24-;/m0./s1. The van der Waals surface area contributed by atoms with Gasteiger partial charge in [-0.25, -0.2) is 8.42 Å². The Morgan fingerprint density at radius 1 is 0.857 bits per heavy atom. The second kappa shape index (κ2) is 11.8. The van der Waals surface area contributed by atoms with Crippen molar-refractivity contribution in [2.75, 3.05) is 36.0 Å². The third kappa shape index (κ3) is 6.89. The maximum atomic E-state index is 12.8. The quantitative estimate of drug-likeness (QED) is 0.452. The van der Waals surface area contributed by atoms with Crippen LogP contribution in [-0.2, 0) is 21.2 Å². The predicted molar refractivity (Wildman–Crippen MR) is 141 cm³/mol. The van der Waals surface area contributed by atoms with Crippen LogP contribution in [0.2, 0.25) is 5.02 Å². The molecule has 1 heterocycles. The van der Waals surface area contributed by atoms with E-state index in [0.29, 0.717) is 5.02 Å². The molecule has 35 heavy (non-hydrogen) atoms. The minimum Gasteiger partial charge on any atom is -0.480 e. The third-order valence-electron chi connectivity index (χ3n) is 5.86. The van der Waals surface area contributed by atoms with E-state index in [1.165, 1.54) is 12.1 Å². The monoisotopic (exact) mass is 535 g/mol. The van der Waals surface area contributed by atoms with E-state index in [1.807, 2.05) is 30.3 Å². The molecule has 0 aliphatic carbocycles. The van der Waals surface area contributed by atoms with Crippen LogP contribution >= 0.6 is 24.0 Å². The number of carbonyl (C=O) groups is 1. The van der Waals surface area contributed by atoms with Crippen molar-refractivity contribution in [1.82, 2.24) is 4.72 Å². The largest absolute Gasteiger partial charge is 0.480 e. The maximum Gasteiger partial charge on any atom is 0.322 e. The van der Waals surface area contributed by atoms with Gasteiger partial charge < -0.3 is 14.9 Å². The van der Waals surface area contributed by atoms with E-state index < -0.39 is 22.0 Å². The summed E-state index contributed by atoms with van der Waals surface area (Å²) in [6.07, 6.45) is 0.0609. The number of rotatable bonds is 8. The molecule has 0 radical (unpaired) electrons. The van der Waals surface area contributed by atoms with Crippen molar-refractivity contribution in [3.8, 4) is 0 Å². The summed E-state index contributed by atoms with van der Waals surface area (Å²) in [5.41, 5.74) is 2.79. The first-order chi connectivity index (χ1) is 16.3. The molecule has 1 atom stereocenters. The normalized spacial score (nSPS) is 14.8. The fourth-order valence-corrected chi connectivity index (χ4v) is 5.31. The summed E-state index contributed by atoms with van der Waals surface area (Å²) >= 11 is 5.97. The van der Waals surface area contributed by atoms with Crippen LogP contribution in [0.25, 0.3) is 0 Å². The second-order valence-corrected chi connectivity index (χ2v) is 10.3. The molecule has 1 aliphatic rings. The fraction of sp³-hybridized carbons (Fsp3) is 0.240. The van der Waals surface area contributed by atoms with E-state index in [0.717, 1.165) is 43.1 Å². The number of carboxylic acid groups (broad SMARTS) is 1. The average molecular weight is 536 g/mol. The average Bonchev–Trinajstić information content (AvgIpc) is 2.85. The van der Waals surface area contributed by atoms with Crippen molar-refractivity contribution in [1.29, 1.82) is 0 Å². The molecule has 1 aliphatic heterocycles. The molecule has 7 nitrogen and oxygen atoms in total. The SMILES string of the molecule is Cl.O=C(O)[C@H](Cc1ccccc1)NS(=O)(=O)c1ccc(N2CCN(c3ccc(Cl)cc3)CC2)cc1. The smallest absolute Gasteiger partial charge is 0.322 e. The Morgan fingerprint density at radius 2 is 1.34 bits per heavy atom. The van der Waals surface area contributed by atoms with E-state index in [4.69, 9.17) is 11.6 Å². The Bertz CT molecular complexity index is 1220. The number of hydrogen-bond acceptors (Lipinski definition) is 5. The van der Waals surface area contributed by atoms with Crippen LogP contribution in [0.3, 0.4) is 0 Å². The first kappa shape index (κ1) is 26.8. The van der Waals surface area contributed by atoms with Gasteiger partial charge >= 0.3 is 5.97 Å². The van der Waals surface area contributed by atoms with Gasteiger partial charge in [0.1, 0.15) is 6.04 Å². The summed E-state index contributed by atoms with van der Waals surface area (Å²) in [5, 5.41) is 10.2. The maximum absolute atomic E-state index is 12.8. The van der Waals surface area contributed by atoms with Crippen molar-refractivity contribution >= 4 is 51.4 Å². The number of anilines is 2. The molecule has 0 unspecified atom stereocenters. The van der Waals surface area contributed by atoms with Crippen molar-refractivity contribution in [2.45, 2.75) is 17.4 Å². The van der Waals surface area contributed by atoms with Gasteiger partial charge in [0, 0.05) is 42.6 Å². The van der Waals surface area contributed by atoms with Gasteiger partial charge in [-0.15, -0.1) is 12.4 Å². The Labute approximate surface area is 216 Å². The number of hydrogen-bond donors (Lipinski definition) is 2. The molecule has 0 saturated carbocycles. The zero-order chi connectivity index (χ0) is 24.1. The lowest BCUT2D eigenvalue weighted by atomic mass is 10.1. The van der Waals surface area contributed by atoms with Gasteiger partial charge in [-0.05, 0) is 60.5 Å². The minimum absolute atomic E-state index is 0. The molecule has 1 fully saturated rings. The number of nitrogens with zero attached hydrogens (tertiary/aromatic N) is 2. The van der Waals surface area contributed by atoms with E-state index in [1.54, 1.807) is 36.4 Å². The zero-order valence-electron chi connectivity index (χ0n) is 18.9. The van der Waals surface area contributed by atoms with Crippen molar-refractivity contribution in [3.63, 3.8) is 0 Å². The van der Waals surface area contributed by atoms with Crippen molar-refractivity contribution in [3.05, 3.63) is 89.4 Å². The van der Waals surface area contributed by atoms with Crippen LogP contribution in [0.15, 0.2) is 83.8 Å². The number of carboxylic acids is 1. The van der Waals surface area contributed by atoms with E-state index in [-0.39, 0.29) is 23.7 Å². The summed E-state index contributed by atoms with van der Waals surface area (Å²) in [5.74, 6) is -1.22. The lowest BCUT2D eigenvalue weighted by Gasteiger charge is -2.37.